The number of rotatable bonds is 5. The summed E-state index contributed by atoms with van der Waals surface area (Å²) in [5, 5.41) is 3.23. The van der Waals surface area contributed by atoms with E-state index in [1.54, 1.807) is 6.92 Å². The predicted molar refractivity (Wildman–Crippen MR) is 91.3 cm³/mol. The summed E-state index contributed by atoms with van der Waals surface area (Å²) in [6.45, 7) is 2.15. The lowest BCUT2D eigenvalue weighted by Crippen LogP contribution is -2.23. The molecule has 0 heterocycles. The molecular formula is C16H15Br2NO2. The minimum atomic E-state index is -0.560. The van der Waals surface area contributed by atoms with Gasteiger partial charge in [0, 0.05) is 14.6 Å². The Morgan fingerprint density at radius 2 is 1.95 bits per heavy atom. The predicted octanol–water partition coefficient (Wildman–Crippen LogP) is 4.93. The Kier molecular flexibility index (Phi) is 5.82. The monoisotopic (exact) mass is 411 g/mol. The van der Waals surface area contributed by atoms with Gasteiger partial charge in [-0.2, -0.15) is 0 Å². The van der Waals surface area contributed by atoms with Gasteiger partial charge in [0.05, 0.1) is 6.61 Å². The van der Waals surface area contributed by atoms with E-state index < -0.39 is 6.04 Å². The molecule has 0 fully saturated rings. The molecule has 110 valence electrons. The molecule has 3 nitrogen and oxygen atoms in total. The molecule has 2 rings (SSSR count). The van der Waals surface area contributed by atoms with Crippen molar-refractivity contribution in [3.05, 3.63) is 63.0 Å². The number of carbonyl (C=O) groups is 1. The summed E-state index contributed by atoms with van der Waals surface area (Å²) in [5.74, 6) is -0.302. The van der Waals surface area contributed by atoms with Crippen LogP contribution in [0.2, 0.25) is 0 Å². The van der Waals surface area contributed by atoms with E-state index in [1.165, 1.54) is 0 Å². The van der Waals surface area contributed by atoms with E-state index >= 15 is 0 Å². The van der Waals surface area contributed by atoms with Gasteiger partial charge in [0.2, 0.25) is 0 Å². The Labute approximate surface area is 141 Å². The van der Waals surface area contributed by atoms with Gasteiger partial charge in [-0.05, 0) is 36.8 Å². The van der Waals surface area contributed by atoms with E-state index in [-0.39, 0.29) is 5.97 Å². The number of esters is 1. The number of benzene rings is 2. The zero-order valence-electron chi connectivity index (χ0n) is 11.5. The Morgan fingerprint density at radius 1 is 1.19 bits per heavy atom. The van der Waals surface area contributed by atoms with Crippen LogP contribution in [0.15, 0.2) is 57.5 Å². The summed E-state index contributed by atoms with van der Waals surface area (Å²) in [7, 11) is 0. The van der Waals surface area contributed by atoms with Crippen molar-refractivity contribution < 1.29 is 9.53 Å². The highest BCUT2D eigenvalue weighted by Gasteiger charge is 2.23. The van der Waals surface area contributed by atoms with Crippen LogP contribution in [0.1, 0.15) is 18.5 Å². The second-order valence-corrected chi connectivity index (χ2v) is 6.13. The van der Waals surface area contributed by atoms with Crippen LogP contribution in [-0.4, -0.2) is 12.6 Å². The van der Waals surface area contributed by atoms with Crippen LogP contribution in [0.5, 0.6) is 0 Å². The fourth-order valence-electron chi connectivity index (χ4n) is 1.94. The summed E-state index contributed by atoms with van der Waals surface area (Å²) in [6.07, 6.45) is 0. The van der Waals surface area contributed by atoms with Gasteiger partial charge >= 0.3 is 5.97 Å². The van der Waals surface area contributed by atoms with Gasteiger partial charge in [-0.25, -0.2) is 4.79 Å². The maximum atomic E-state index is 12.3. The number of hydrogen-bond donors (Lipinski definition) is 1. The molecule has 21 heavy (non-hydrogen) atoms. The molecule has 0 amide bonds. The van der Waals surface area contributed by atoms with Crippen LogP contribution in [-0.2, 0) is 9.53 Å². The number of nitrogens with one attached hydrogen (secondary N) is 1. The Morgan fingerprint density at radius 3 is 2.62 bits per heavy atom. The van der Waals surface area contributed by atoms with Crippen molar-refractivity contribution in [2.24, 2.45) is 0 Å². The number of hydrogen-bond acceptors (Lipinski definition) is 3. The molecule has 0 radical (unpaired) electrons. The molecule has 5 heteroatoms. The Balaban J connectivity index is 2.33. The highest BCUT2D eigenvalue weighted by atomic mass is 79.9. The molecule has 0 aliphatic carbocycles. The molecule has 2 aromatic rings. The summed E-state index contributed by atoms with van der Waals surface area (Å²) in [4.78, 5) is 12.3. The molecule has 1 N–H and O–H groups in total. The Bertz CT molecular complexity index is 631. The highest BCUT2D eigenvalue weighted by molar-refractivity contribution is 9.10. The summed E-state index contributed by atoms with van der Waals surface area (Å²) in [5.41, 5.74) is 1.69. The fraction of sp³-hybridized carbons (Fsp3) is 0.188. The molecule has 2 aromatic carbocycles. The van der Waals surface area contributed by atoms with Gasteiger partial charge in [0.25, 0.3) is 0 Å². The Hall–Kier alpha value is -1.33. The van der Waals surface area contributed by atoms with E-state index in [0.717, 1.165) is 20.2 Å². The lowest BCUT2D eigenvalue weighted by atomic mass is 10.1. The van der Waals surface area contributed by atoms with Crippen LogP contribution >= 0.6 is 31.9 Å². The van der Waals surface area contributed by atoms with Crippen LogP contribution < -0.4 is 5.32 Å². The van der Waals surface area contributed by atoms with Gasteiger partial charge in [-0.1, -0.05) is 56.1 Å². The largest absolute Gasteiger partial charge is 0.464 e. The SMILES string of the molecule is CCOC(=O)C(Nc1cccc(Br)c1)c1ccccc1Br. The van der Waals surface area contributed by atoms with Crippen molar-refractivity contribution in [3.63, 3.8) is 0 Å². The lowest BCUT2D eigenvalue weighted by Gasteiger charge is -2.20. The third-order valence-corrected chi connectivity index (χ3v) is 4.09. The van der Waals surface area contributed by atoms with Gasteiger partial charge in [-0.15, -0.1) is 0 Å². The smallest absolute Gasteiger partial charge is 0.333 e. The summed E-state index contributed by atoms with van der Waals surface area (Å²) in [6, 6.07) is 14.7. The molecule has 1 unspecified atom stereocenters. The molecule has 0 saturated heterocycles. The van der Waals surface area contributed by atoms with Crippen molar-refractivity contribution in [3.8, 4) is 0 Å². The average molecular weight is 413 g/mol. The highest BCUT2D eigenvalue weighted by Crippen LogP contribution is 2.28. The van der Waals surface area contributed by atoms with Gasteiger partial charge in [-0.3, -0.25) is 0 Å². The first-order chi connectivity index (χ1) is 10.1. The summed E-state index contributed by atoms with van der Waals surface area (Å²) >= 11 is 6.91. The van der Waals surface area contributed by atoms with Crippen LogP contribution in [0, 0.1) is 0 Å². The topological polar surface area (TPSA) is 38.3 Å². The average Bonchev–Trinajstić information content (AvgIpc) is 2.46. The second-order valence-electron chi connectivity index (χ2n) is 4.36. The van der Waals surface area contributed by atoms with Gasteiger partial charge in [0.1, 0.15) is 0 Å². The normalized spacial score (nSPS) is 11.8. The molecule has 1 atom stereocenters. The third-order valence-electron chi connectivity index (χ3n) is 2.87. The van der Waals surface area contributed by atoms with Crippen LogP contribution in [0.4, 0.5) is 5.69 Å². The number of carbonyl (C=O) groups excluding carboxylic acids is 1. The molecular weight excluding hydrogens is 398 g/mol. The molecule has 0 spiro atoms. The zero-order chi connectivity index (χ0) is 15.2. The zero-order valence-corrected chi connectivity index (χ0v) is 14.6. The van der Waals surface area contributed by atoms with Crippen LogP contribution in [0.25, 0.3) is 0 Å². The van der Waals surface area contributed by atoms with Crippen molar-refractivity contribution in [1.82, 2.24) is 0 Å². The van der Waals surface area contributed by atoms with E-state index in [9.17, 15) is 4.79 Å². The maximum absolute atomic E-state index is 12.3. The molecule has 0 aliphatic heterocycles. The minimum Gasteiger partial charge on any atom is -0.464 e. The van der Waals surface area contributed by atoms with E-state index in [2.05, 4.69) is 37.2 Å². The lowest BCUT2D eigenvalue weighted by molar-refractivity contribution is -0.144. The molecule has 0 aliphatic rings. The van der Waals surface area contributed by atoms with Crippen molar-refractivity contribution >= 4 is 43.5 Å². The van der Waals surface area contributed by atoms with Crippen molar-refractivity contribution in [1.29, 1.82) is 0 Å². The molecule has 0 aromatic heterocycles. The summed E-state index contributed by atoms with van der Waals surface area (Å²) < 4.78 is 6.99. The standard InChI is InChI=1S/C16H15Br2NO2/c1-2-21-16(20)15(13-8-3-4-9-14(13)18)19-12-7-5-6-11(17)10-12/h3-10,15,19H,2H2,1H3. The minimum absolute atomic E-state index is 0.302. The van der Waals surface area contributed by atoms with Crippen molar-refractivity contribution in [2.75, 3.05) is 11.9 Å². The third kappa shape index (κ3) is 4.32. The number of halogens is 2. The van der Waals surface area contributed by atoms with Crippen molar-refractivity contribution in [2.45, 2.75) is 13.0 Å². The second kappa shape index (κ2) is 7.61. The van der Waals surface area contributed by atoms with E-state index in [4.69, 9.17) is 4.74 Å². The fourth-order valence-corrected chi connectivity index (χ4v) is 2.86. The maximum Gasteiger partial charge on any atom is 0.333 e. The first kappa shape index (κ1) is 16.0. The number of anilines is 1. The first-order valence-corrected chi connectivity index (χ1v) is 8.13. The van der Waals surface area contributed by atoms with E-state index in [0.29, 0.717) is 6.61 Å². The van der Waals surface area contributed by atoms with E-state index in [1.807, 2.05) is 48.5 Å². The van der Waals surface area contributed by atoms with Gasteiger partial charge in [0.15, 0.2) is 6.04 Å². The quantitative estimate of drug-likeness (QED) is 0.707. The first-order valence-electron chi connectivity index (χ1n) is 6.55. The molecule has 0 bridgehead atoms. The van der Waals surface area contributed by atoms with Gasteiger partial charge < -0.3 is 10.1 Å². The van der Waals surface area contributed by atoms with Crippen LogP contribution in [0.3, 0.4) is 0 Å². The number of ether oxygens (including phenoxy) is 1. The molecule has 0 saturated carbocycles.